The monoisotopic (exact) mass is 154 g/mol. The summed E-state index contributed by atoms with van der Waals surface area (Å²) < 4.78 is 12.3. The fourth-order valence-corrected chi connectivity index (χ4v) is 1.52. The highest BCUT2D eigenvalue weighted by atomic mass is 28.3. The third-order valence-corrected chi connectivity index (χ3v) is 2.72. The first kappa shape index (κ1) is 7.47. The van der Waals surface area contributed by atoms with E-state index >= 15 is 0 Å². The van der Waals surface area contributed by atoms with E-state index < -0.39 is 9.85 Å². The molecule has 1 rings (SSSR count). The third kappa shape index (κ3) is 1.45. The van der Waals surface area contributed by atoms with Crippen molar-refractivity contribution in [2.75, 3.05) is 0 Å². The maximum Gasteiger partial charge on any atom is 0.247 e. The molecule has 54 valence electrons. The average molecular weight is 154 g/mol. The molecule has 0 atom stereocenters. The minimum absolute atomic E-state index is 0.936. The van der Waals surface area contributed by atoms with Gasteiger partial charge in [0.05, 0.1) is 0 Å². The molecule has 0 heterocycles. The van der Waals surface area contributed by atoms with E-state index in [4.69, 9.17) is 0 Å². The lowest BCUT2D eigenvalue weighted by Gasteiger charge is -2.00. The third-order valence-electron chi connectivity index (χ3n) is 1.64. The molecule has 1 aromatic rings. The second-order valence-electron chi connectivity index (χ2n) is 2.56. The molecule has 2 heteroatoms. The smallest absolute Gasteiger partial charge is 0.247 e. The Bertz CT molecular complexity index is 233. The van der Waals surface area contributed by atoms with Crippen LogP contribution in [0.1, 0.15) is 11.1 Å². The van der Waals surface area contributed by atoms with E-state index in [1.54, 1.807) is 0 Å². The molecule has 0 N–H and O–H groups in total. The summed E-state index contributed by atoms with van der Waals surface area (Å²) in [4.78, 5) is 0. The highest BCUT2D eigenvalue weighted by molar-refractivity contribution is 6.46. The molecule has 0 unspecified atom stereocenters. The van der Waals surface area contributed by atoms with Crippen molar-refractivity contribution < 1.29 is 4.11 Å². The molecule has 0 nitrogen and oxygen atoms in total. The first-order valence-corrected chi connectivity index (χ1v) is 4.60. The van der Waals surface area contributed by atoms with Crippen LogP contribution >= 0.6 is 0 Å². The highest BCUT2D eigenvalue weighted by Gasteiger charge is 1.96. The number of halogens is 1. The van der Waals surface area contributed by atoms with Gasteiger partial charge in [0.25, 0.3) is 0 Å². The Hall–Kier alpha value is -0.633. The van der Waals surface area contributed by atoms with E-state index in [2.05, 4.69) is 0 Å². The van der Waals surface area contributed by atoms with Gasteiger partial charge in [-0.1, -0.05) is 23.8 Å². The highest BCUT2D eigenvalue weighted by Crippen LogP contribution is 1.98. The molecule has 0 aromatic heterocycles. The minimum Gasteiger partial charge on any atom is -0.317 e. The van der Waals surface area contributed by atoms with Crippen LogP contribution in [0, 0.1) is 13.8 Å². The van der Waals surface area contributed by atoms with E-state index in [0.717, 1.165) is 10.8 Å². The van der Waals surface area contributed by atoms with Gasteiger partial charge in [0.2, 0.25) is 9.85 Å². The molecule has 0 aliphatic heterocycles. The largest absolute Gasteiger partial charge is 0.317 e. The van der Waals surface area contributed by atoms with Gasteiger partial charge < -0.3 is 4.11 Å². The maximum absolute atomic E-state index is 12.3. The first-order valence-electron chi connectivity index (χ1n) is 3.36. The van der Waals surface area contributed by atoms with Gasteiger partial charge in [-0.2, -0.15) is 0 Å². The van der Waals surface area contributed by atoms with Crippen molar-refractivity contribution in [1.82, 2.24) is 0 Å². The van der Waals surface area contributed by atoms with Gasteiger partial charge in [0.1, 0.15) is 0 Å². The summed E-state index contributed by atoms with van der Waals surface area (Å²) in [6.07, 6.45) is 0. The lowest BCUT2D eigenvalue weighted by atomic mass is 10.2. The molecule has 0 aliphatic carbocycles. The summed E-state index contributed by atoms with van der Waals surface area (Å²) >= 11 is 0. The van der Waals surface area contributed by atoms with Gasteiger partial charge >= 0.3 is 0 Å². The zero-order chi connectivity index (χ0) is 7.56. The minimum atomic E-state index is -1.45. The Labute approximate surface area is 63.1 Å². The number of aryl methyl sites for hydroxylation is 2. The van der Waals surface area contributed by atoms with Crippen molar-refractivity contribution in [2.24, 2.45) is 0 Å². The van der Waals surface area contributed by atoms with Crippen molar-refractivity contribution in [3.8, 4) is 0 Å². The summed E-state index contributed by atoms with van der Waals surface area (Å²) in [5.41, 5.74) is 2.32. The molecule has 0 saturated carbocycles. The predicted molar refractivity (Wildman–Crippen MR) is 45.2 cm³/mol. The summed E-state index contributed by atoms with van der Waals surface area (Å²) in [6.45, 7) is 3.99. The molecule has 1 aromatic carbocycles. The van der Waals surface area contributed by atoms with Gasteiger partial charge in [0.15, 0.2) is 0 Å². The van der Waals surface area contributed by atoms with Crippen LogP contribution < -0.4 is 5.19 Å². The lowest BCUT2D eigenvalue weighted by Crippen LogP contribution is -2.12. The summed E-state index contributed by atoms with van der Waals surface area (Å²) in [6, 6.07) is 5.90. The normalized spacial score (nSPS) is 11.1. The molecular weight excluding hydrogens is 143 g/mol. The van der Waals surface area contributed by atoms with Gasteiger partial charge in [-0.25, -0.2) is 0 Å². The van der Waals surface area contributed by atoms with Crippen LogP contribution in [0.2, 0.25) is 0 Å². The summed E-state index contributed by atoms with van der Waals surface area (Å²) in [5, 5.41) is 0.936. The Morgan fingerprint density at radius 1 is 1.30 bits per heavy atom. The maximum atomic E-state index is 12.3. The van der Waals surface area contributed by atoms with Crippen molar-refractivity contribution in [3.05, 3.63) is 29.3 Å². The molecule has 0 bridgehead atoms. The Kier molecular flexibility index (Phi) is 2.22. The Balaban J connectivity index is 3.07. The SMILES string of the molecule is Cc1ccc([SiH2]F)c(C)c1. The van der Waals surface area contributed by atoms with E-state index in [1.165, 1.54) is 5.56 Å². The second kappa shape index (κ2) is 2.97. The van der Waals surface area contributed by atoms with Crippen LogP contribution in [-0.4, -0.2) is 9.85 Å². The number of benzene rings is 1. The summed E-state index contributed by atoms with van der Waals surface area (Å²) in [7, 11) is -1.45. The molecule has 0 radical (unpaired) electrons. The van der Waals surface area contributed by atoms with Crippen LogP contribution in [0.4, 0.5) is 4.11 Å². The van der Waals surface area contributed by atoms with Crippen molar-refractivity contribution in [1.29, 1.82) is 0 Å². The summed E-state index contributed by atoms with van der Waals surface area (Å²) in [5.74, 6) is 0. The zero-order valence-electron chi connectivity index (χ0n) is 6.32. The van der Waals surface area contributed by atoms with Gasteiger partial charge in [-0.15, -0.1) is 0 Å². The van der Waals surface area contributed by atoms with Crippen LogP contribution in [0.25, 0.3) is 0 Å². The Morgan fingerprint density at radius 2 is 2.00 bits per heavy atom. The average Bonchev–Trinajstić information content (AvgIpc) is 1.88. The van der Waals surface area contributed by atoms with Gasteiger partial charge in [-0.05, 0) is 24.6 Å². The molecule has 0 amide bonds. The van der Waals surface area contributed by atoms with E-state index in [0.29, 0.717) is 0 Å². The van der Waals surface area contributed by atoms with Crippen molar-refractivity contribution >= 4 is 15.0 Å². The first-order chi connectivity index (χ1) is 4.74. The quantitative estimate of drug-likeness (QED) is 0.418. The van der Waals surface area contributed by atoms with Crippen LogP contribution in [0.5, 0.6) is 0 Å². The predicted octanol–water partition coefficient (Wildman–Crippen LogP) is 0.982. The Morgan fingerprint density at radius 3 is 2.50 bits per heavy atom. The molecule has 10 heavy (non-hydrogen) atoms. The molecular formula is C8H11FSi. The number of hydrogen-bond acceptors (Lipinski definition) is 0. The van der Waals surface area contributed by atoms with Crippen molar-refractivity contribution in [2.45, 2.75) is 13.8 Å². The molecule has 0 aliphatic rings. The molecule has 0 saturated heterocycles. The fourth-order valence-electron chi connectivity index (χ4n) is 0.996. The zero-order valence-corrected chi connectivity index (χ0v) is 7.73. The topological polar surface area (TPSA) is 0 Å². The molecule has 0 fully saturated rings. The van der Waals surface area contributed by atoms with Gasteiger partial charge in [-0.3, -0.25) is 0 Å². The second-order valence-corrected chi connectivity index (χ2v) is 3.59. The van der Waals surface area contributed by atoms with E-state index in [-0.39, 0.29) is 0 Å². The van der Waals surface area contributed by atoms with Crippen LogP contribution in [0.3, 0.4) is 0 Å². The standard InChI is InChI=1S/C8H11FSi/c1-6-3-4-8(10-9)7(2)5-6/h3-5H,10H2,1-2H3. The number of rotatable bonds is 1. The fraction of sp³-hybridized carbons (Fsp3) is 0.250. The number of hydrogen-bond donors (Lipinski definition) is 0. The van der Waals surface area contributed by atoms with Crippen LogP contribution in [0.15, 0.2) is 18.2 Å². The van der Waals surface area contributed by atoms with E-state index in [9.17, 15) is 4.11 Å². The lowest BCUT2D eigenvalue weighted by molar-refractivity contribution is 0.884. The van der Waals surface area contributed by atoms with Gasteiger partial charge in [0, 0.05) is 0 Å². The van der Waals surface area contributed by atoms with E-state index in [1.807, 2.05) is 32.0 Å². The van der Waals surface area contributed by atoms with Crippen molar-refractivity contribution in [3.63, 3.8) is 0 Å². The molecule has 0 spiro atoms. The van der Waals surface area contributed by atoms with Crippen LogP contribution in [-0.2, 0) is 0 Å².